The van der Waals surface area contributed by atoms with Gasteiger partial charge < -0.3 is 5.32 Å². The van der Waals surface area contributed by atoms with Gasteiger partial charge in [0.15, 0.2) is 0 Å². The average Bonchev–Trinajstić information content (AvgIpc) is 2.83. The van der Waals surface area contributed by atoms with E-state index < -0.39 is 0 Å². The Kier molecular flexibility index (Phi) is 2.44. The molecule has 2 heterocycles. The molecule has 2 aromatic heterocycles. The molecule has 18 heavy (non-hydrogen) atoms. The quantitative estimate of drug-likeness (QED) is 0.744. The molecular formula is C13H13N5. The summed E-state index contributed by atoms with van der Waals surface area (Å²) in [6, 6.07) is 7.99. The second-order valence-corrected chi connectivity index (χ2v) is 4.02. The molecule has 1 N–H and O–H groups in total. The largest absolute Gasteiger partial charge is 0.373 e. The fraction of sp³-hybridized carbons (Fsp3) is 0.154. The van der Waals surface area contributed by atoms with E-state index in [0.717, 1.165) is 28.2 Å². The van der Waals surface area contributed by atoms with Crippen LogP contribution in [0.5, 0.6) is 0 Å². The molecule has 0 saturated carbocycles. The first kappa shape index (κ1) is 10.7. The van der Waals surface area contributed by atoms with Crippen molar-refractivity contribution in [1.82, 2.24) is 19.5 Å². The molecule has 5 heteroatoms. The van der Waals surface area contributed by atoms with Crippen LogP contribution >= 0.6 is 0 Å². The zero-order chi connectivity index (χ0) is 12.5. The van der Waals surface area contributed by atoms with Crippen molar-refractivity contribution in [3.05, 3.63) is 42.5 Å². The van der Waals surface area contributed by atoms with Crippen molar-refractivity contribution in [2.24, 2.45) is 0 Å². The van der Waals surface area contributed by atoms with Crippen LogP contribution in [0.15, 0.2) is 36.9 Å². The van der Waals surface area contributed by atoms with Gasteiger partial charge in [-0.25, -0.2) is 15.0 Å². The van der Waals surface area contributed by atoms with E-state index in [2.05, 4.69) is 20.3 Å². The number of rotatable bonds is 2. The Balaban J connectivity index is 2.26. The van der Waals surface area contributed by atoms with Crippen LogP contribution in [0.1, 0.15) is 5.56 Å². The molecule has 0 aliphatic heterocycles. The Labute approximate surface area is 105 Å². The smallest absolute Gasteiger partial charge is 0.146 e. The summed E-state index contributed by atoms with van der Waals surface area (Å²) in [5.41, 5.74) is 3.01. The van der Waals surface area contributed by atoms with Gasteiger partial charge in [-0.3, -0.25) is 4.57 Å². The van der Waals surface area contributed by atoms with Gasteiger partial charge in [-0.15, -0.1) is 0 Å². The summed E-state index contributed by atoms with van der Waals surface area (Å²) >= 11 is 0. The van der Waals surface area contributed by atoms with E-state index in [9.17, 15) is 0 Å². The first-order valence-electron chi connectivity index (χ1n) is 5.73. The zero-order valence-corrected chi connectivity index (χ0v) is 10.3. The fourth-order valence-electron chi connectivity index (χ4n) is 2.06. The van der Waals surface area contributed by atoms with Crippen molar-refractivity contribution in [2.75, 3.05) is 12.4 Å². The predicted molar refractivity (Wildman–Crippen MR) is 70.9 cm³/mol. The van der Waals surface area contributed by atoms with Gasteiger partial charge in [0, 0.05) is 12.6 Å². The number of nitrogens with one attached hydrogen (secondary N) is 1. The van der Waals surface area contributed by atoms with Crippen molar-refractivity contribution in [2.45, 2.75) is 6.92 Å². The zero-order valence-electron chi connectivity index (χ0n) is 10.3. The SMILES string of the molecule is CNc1ncnc(-n2cnc3ccccc32)c1C. The third kappa shape index (κ3) is 1.52. The topological polar surface area (TPSA) is 55.6 Å². The number of hydrogen-bond acceptors (Lipinski definition) is 4. The molecule has 0 spiro atoms. The summed E-state index contributed by atoms with van der Waals surface area (Å²) in [5.74, 6) is 1.68. The van der Waals surface area contributed by atoms with Crippen LogP contribution in [0.2, 0.25) is 0 Å². The van der Waals surface area contributed by atoms with Gasteiger partial charge in [0.25, 0.3) is 0 Å². The number of fused-ring (bicyclic) bond motifs is 1. The third-order valence-corrected chi connectivity index (χ3v) is 2.98. The Hall–Kier alpha value is -2.43. The lowest BCUT2D eigenvalue weighted by Crippen LogP contribution is -2.04. The van der Waals surface area contributed by atoms with Crippen molar-refractivity contribution in [1.29, 1.82) is 0 Å². The van der Waals surface area contributed by atoms with Crippen LogP contribution in [-0.4, -0.2) is 26.6 Å². The molecule has 1 aromatic carbocycles. The van der Waals surface area contributed by atoms with Gasteiger partial charge in [-0.1, -0.05) is 12.1 Å². The lowest BCUT2D eigenvalue weighted by molar-refractivity contribution is 0.973. The van der Waals surface area contributed by atoms with Crippen molar-refractivity contribution < 1.29 is 0 Å². The maximum atomic E-state index is 4.37. The molecule has 0 amide bonds. The molecule has 0 bridgehead atoms. The number of aromatic nitrogens is 4. The molecule has 0 atom stereocenters. The molecular weight excluding hydrogens is 226 g/mol. The third-order valence-electron chi connectivity index (χ3n) is 2.98. The molecule has 0 aliphatic rings. The summed E-state index contributed by atoms with van der Waals surface area (Å²) in [5, 5.41) is 3.06. The monoisotopic (exact) mass is 239 g/mol. The van der Waals surface area contributed by atoms with E-state index >= 15 is 0 Å². The van der Waals surface area contributed by atoms with E-state index in [1.807, 2.05) is 42.8 Å². The summed E-state index contributed by atoms with van der Waals surface area (Å²) in [7, 11) is 1.85. The fourth-order valence-corrected chi connectivity index (χ4v) is 2.06. The van der Waals surface area contributed by atoms with Crippen molar-refractivity contribution in [3.8, 4) is 5.82 Å². The van der Waals surface area contributed by atoms with E-state index in [1.54, 1.807) is 12.7 Å². The summed E-state index contributed by atoms with van der Waals surface area (Å²) in [6.45, 7) is 2.00. The van der Waals surface area contributed by atoms with Gasteiger partial charge in [0.05, 0.1) is 11.0 Å². The van der Waals surface area contributed by atoms with Crippen LogP contribution in [-0.2, 0) is 0 Å². The average molecular weight is 239 g/mol. The van der Waals surface area contributed by atoms with Crippen molar-refractivity contribution in [3.63, 3.8) is 0 Å². The normalized spacial score (nSPS) is 10.8. The van der Waals surface area contributed by atoms with Crippen LogP contribution in [0.25, 0.3) is 16.9 Å². The number of anilines is 1. The van der Waals surface area contributed by atoms with Crippen LogP contribution < -0.4 is 5.32 Å². The maximum Gasteiger partial charge on any atom is 0.146 e. The van der Waals surface area contributed by atoms with Gasteiger partial charge in [0.2, 0.25) is 0 Å². The van der Waals surface area contributed by atoms with Crippen molar-refractivity contribution >= 4 is 16.9 Å². The molecule has 0 unspecified atom stereocenters. The minimum absolute atomic E-state index is 0.831. The Bertz CT molecular complexity index is 701. The van der Waals surface area contributed by atoms with E-state index in [0.29, 0.717) is 0 Å². The number of hydrogen-bond donors (Lipinski definition) is 1. The lowest BCUT2D eigenvalue weighted by Gasteiger charge is -2.09. The lowest BCUT2D eigenvalue weighted by atomic mass is 10.3. The van der Waals surface area contributed by atoms with Gasteiger partial charge in [-0.05, 0) is 19.1 Å². The molecule has 0 aliphatic carbocycles. The molecule has 0 fully saturated rings. The second-order valence-electron chi connectivity index (χ2n) is 4.02. The highest BCUT2D eigenvalue weighted by atomic mass is 15.1. The minimum atomic E-state index is 0.831. The first-order chi connectivity index (χ1) is 8.81. The Morgan fingerprint density at radius 1 is 1.11 bits per heavy atom. The summed E-state index contributed by atoms with van der Waals surface area (Å²) in [4.78, 5) is 12.9. The highest BCUT2D eigenvalue weighted by Crippen LogP contribution is 2.21. The van der Waals surface area contributed by atoms with Gasteiger partial charge in [0.1, 0.15) is 24.3 Å². The second kappa shape index (κ2) is 4.10. The summed E-state index contributed by atoms with van der Waals surface area (Å²) in [6.07, 6.45) is 3.35. The van der Waals surface area contributed by atoms with E-state index in [4.69, 9.17) is 0 Å². The van der Waals surface area contributed by atoms with Gasteiger partial charge in [-0.2, -0.15) is 0 Å². The van der Waals surface area contributed by atoms with Crippen LogP contribution in [0.4, 0.5) is 5.82 Å². The number of nitrogens with zero attached hydrogens (tertiary/aromatic N) is 4. The first-order valence-corrected chi connectivity index (χ1v) is 5.73. The maximum absolute atomic E-state index is 4.37. The molecule has 90 valence electrons. The molecule has 0 radical (unpaired) electrons. The molecule has 0 saturated heterocycles. The van der Waals surface area contributed by atoms with Gasteiger partial charge >= 0.3 is 0 Å². The minimum Gasteiger partial charge on any atom is -0.373 e. The standard InChI is InChI=1S/C13H13N5/c1-9-12(14-2)15-7-16-13(9)18-8-17-10-5-3-4-6-11(10)18/h3-8H,1-2H3,(H,14,15,16). The Morgan fingerprint density at radius 3 is 2.78 bits per heavy atom. The van der Waals surface area contributed by atoms with E-state index in [-0.39, 0.29) is 0 Å². The Morgan fingerprint density at radius 2 is 1.94 bits per heavy atom. The molecule has 3 aromatic rings. The van der Waals surface area contributed by atoms with Crippen LogP contribution in [0.3, 0.4) is 0 Å². The molecule has 5 nitrogen and oxygen atoms in total. The highest BCUT2D eigenvalue weighted by molar-refractivity contribution is 5.77. The van der Waals surface area contributed by atoms with Crippen LogP contribution in [0, 0.1) is 6.92 Å². The summed E-state index contributed by atoms with van der Waals surface area (Å²) < 4.78 is 1.98. The predicted octanol–water partition coefficient (Wildman–Crippen LogP) is 2.17. The van der Waals surface area contributed by atoms with E-state index in [1.165, 1.54) is 0 Å². The molecule has 3 rings (SSSR count). The number of benzene rings is 1. The number of imidazole rings is 1. The number of para-hydroxylation sites is 2. The highest BCUT2D eigenvalue weighted by Gasteiger charge is 2.10.